The van der Waals surface area contributed by atoms with Gasteiger partial charge >= 0.3 is 0 Å². The van der Waals surface area contributed by atoms with Crippen LogP contribution in [0.1, 0.15) is 47.4 Å². The topological polar surface area (TPSA) is 17.1 Å². The molecule has 0 aromatic heterocycles. The number of hydrogen-bond acceptors (Lipinski definition) is 1. The molecule has 0 radical (unpaired) electrons. The summed E-state index contributed by atoms with van der Waals surface area (Å²) < 4.78 is 0. The zero-order valence-electron chi connectivity index (χ0n) is 17.7. The molecule has 0 heterocycles. The summed E-state index contributed by atoms with van der Waals surface area (Å²) in [4.78, 5) is 13.5. The van der Waals surface area contributed by atoms with Crippen molar-refractivity contribution in [3.05, 3.63) is 113 Å². The Hall–Kier alpha value is -3.19. The minimum Gasteiger partial charge on any atom is -0.298 e. The minimum atomic E-state index is -0.380. The molecule has 0 N–H and O–H groups in total. The van der Waals surface area contributed by atoms with Gasteiger partial charge in [-0.15, -0.1) is 0 Å². The summed E-state index contributed by atoms with van der Waals surface area (Å²) in [6, 6.07) is 21.7. The molecule has 3 aromatic carbocycles. The van der Waals surface area contributed by atoms with E-state index in [1.165, 1.54) is 33.0 Å². The van der Waals surface area contributed by atoms with Gasteiger partial charge in [0, 0.05) is 0 Å². The Morgan fingerprint density at radius 1 is 0.903 bits per heavy atom. The van der Waals surface area contributed by atoms with Gasteiger partial charge in [0.05, 0.1) is 11.3 Å². The molecule has 6 rings (SSSR count). The van der Waals surface area contributed by atoms with Gasteiger partial charge in [-0.1, -0.05) is 96.6 Å². The first kappa shape index (κ1) is 18.6. The monoisotopic (exact) mass is 402 g/mol. The van der Waals surface area contributed by atoms with Crippen LogP contribution in [0.5, 0.6) is 0 Å². The van der Waals surface area contributed by atoms with Gasteiger partial charge in [-0.25, -0.2) is 0 Å². The van der Waals surface area contributed by atoms with Gasteiger partial charge in [0.2, 0.25) is 0 Å². The molecule has 152 valence electrons. The number of carbonyl (C=O) groups is 1. The lowest BCUT2D eigenvalue weighted by Gasteiger charge is -2.22. The molecule has 1 nitrogen and oxygen atoms in total. The van der Waals surface area contributed by atoms with Crippen molar-refractivity contribution in [1.82, 2.24) is 0 Å². The number of fused-ring (bicyclic) bond motifs is 3. The van der Waals surface area contributed by atoms with Crippen molar-refractivity contribution in [1.29, 1.82) is 0 Å². The van der Waals surface area contributed by atoms with Crippen molar-refractivity contribution in [3.8, 4) is 0 Å². The molecule has 3 aromatic rings. The van der Waals surface area contributed by atoms with Gasteiger partial charge < -0.3 is 0 Å². The van der Waals surface area contributed by atoms with Gasteiger partial charge in [0.1, 0.15) is 0 Å². The first-order valence-corrected chi connectivity index (χ1v) is 11.4. The first-order valence-electron chi connectivity index (χ1n) is 11.4. The highest BCUT2D eigenvalue weighted by Crippen LogP contribution is 2.62. The highest BCUT2D eigenvalue weighted by molar-refractivity contribution is 6.12. The lowest BCUT2D eigenvalue weighted by Crippen LogP contribution is -2.15. The standard InChI is InChI=1S/C30H26O/c31-29-28(24-10-3-1-4-11-24)30(29,25-12-5-2-6-13-25)20-21-15-16-23-18-17-22-9-7-8-14-26(22)27(23)19-21/h1-5,7,9-12,15-19,28H,6,8,13-14,20H2. The molecule has 0 amide bonds. The number of rotatable bonds is 4. The highest BCUT2D eigenvalue weighted by Gasteiger charge is 2.66. The molecule has 2 atom stereocenters. The average molecular weight is 403 g/mol. The Morgan fingerprint density at radius 2 is 1.74 bits per heavy atom. The second kappa shape index (κ2) is 7.20. The zero-order valence-corrected chi connectivity index (χ0v) is 17.7. The van der Waals surface area contributed by atoms with Crippen LogP contribution in [0.15, 0.2) is 90.5 Å². The predicted molar refractivity (Wildman–Crippen MR) is 128 cm³/mol. The van der Waals surface area contributed by atoms with Crippen LogP contribution in [-0.4, -0.2) is 5.78 Å². The SMILES string of the molecule is O=C1C(c2ccccc2)C1(Cc1ccc2ccc3c(c2c1)CCC=C3)C1=CC=CCC1. The van der Waals surface area contributed by atoms with E-state index in [-0.39, 0.29) is 11.3 Å². The van der Waals surface area contributed by atoms with Crippen molar-refractivity contribution in [2.45, 2.75) is 38.0 Å². The van der Waals surface area contributed by atoms with E-state index in [4.69, 9.17) is 0 Å². The quantitative estimate of drug-likeness (QED) is 0.460. The second-order valence-corrected chi connectivity index (χ2v) is 9.14. The maximum absolute atomic E-state index is 13.5. The Morgan fingerprint density at radius 3 is 2.58 bits per heavy atom. The molecule has 0 saturated heterocycles. The molecule has 1 fully saturated rings. The first-order chi connectivity index (χ1) is 15.3. The lowest BCUT2D eigenvalue weighted by molar-refractivity contribution is -0.112. The zero-order chi connectivity index (χ0) is 20.8. The largest absolute Gasteiger partial charge is 0.298 e. The number of allylic oxidation sites excluding steroid dienone is 5. The van der Waals surface area contributed by atoms with Gasteiger partial charge in [-0.3, -0.25) is 4.79 Å². The van der Waals surface area contributed by atoms with Crippen molar-refractivity contribution in [2.75, 3.05) is 0 Å². The summed E-state index contributed by atoms with van der Waals surface area (Å²) in [5.41, 5.74) is 6.16. The molecule has 31 heavy (non-hydrogen) atoms. The van der Waals surface area contributed by atoms with Gasteiger partial charge in [0.25, 0.3) is 0 Å². The van der Waals surface area contributed by atoms with Crippen LogP contribution in [0, 0.1) is 5.41 Å². The third-order valence-electron chi connectivity index (χ3n) is 7.41. The molecule has 3 aliphatic rings. The van der Waals surface area contributed by atoms with Gasteiger partial charge in [0.15, 0.2) is 5.78 Å². The van der Waals surface area contributed by atoms with E-state index in [2.05, 4.69) is 85.0 Å². The number of Topliss-reactive ketones (excluding diaryl/α,β-unsaturated/α-hetero) is 1. The molecule has 1 heteroatoms. The van der Waals surface area contributed by atoms with Crippen LogP contribution in [0.4, 0.5) is 0 Å². The van der Waals surface area contributed by atoms with E-state index < -0.39 is 0 Å². The molecule has 0 aliphatic heterocycles. The van der Waals surface area contributed by atoms with Gasteiger partial charge in [-0.05, 0) is 65.1 Å². The molecule has 1 saturated carbocycles. The predicted octanol–water partition coefficient (Wildman–Crippen LogP) is 6.97. The Kier molecular flexibility index (Phi) is 4.31. The summed E-state index contributed by atoms with van der Waals surface area (Å²) in [6.45, 7) is 0. The van der Waals surface area contributed by atoms with Crippen LogP contribution in [0.3, 0.4) is 0 Å². The third-order valence-corrected chi connectivity index (χ3v) is 7.41. The van der Waals surface area contributed by atoms with Crippen molar-refractivity contribution in [2.24, 2.45) is 5.41 Å². The number of carbonyl (C=O) groups excluding carboxylic acids is 1. The van der Waals surface area contributed by atoms with E-state index in [1.807, 2.05) is 6.07 Å². The van der Waals surface area contributed by atoms with Gasteiger partial charge in [-0.2, -0.15) is 0 Å². The van der Waals surface area contributed by atoms with E-state index >= 15 is 0 Å². The number of ketones is 1. The molecular formula is C30H26O. The number of aryl methyl sites for hydroxylation is 1. The number of hydrogen-bond donors (Lipinski definition) is 0. The fourth-order valence-corrected chi connectivity index (χ4v) is 5.80. The Balaban J connectivity index is 1.44. The van der Waals surface area contributed by atoms with E-state index in [0.717, 1.165) is 37.7 Å². The Labute approximate surface area is 183 Å². The lowest BCUT2D eigenvalue weighted by atomic mass is 9.80. The highest BCUT2D eigenvalue weighted by atomic mass is 16.1. The molecular weight excluding hydrogens is 376 g/mol. The molecule has 0 bridgehead atoms. The summed E-state index contributed by atoms with van der Waals surface area (Å²) >= 11 is 0. The normalized spacial score (nSPS) is 24.2. The van der Waals surface area contributed by atoms with Crippen LogP contribution in [0.2, 0.25) is 0 Å². The smallest absolute Gasteiger partial charge is 0.153 e. The molecule has 3 aliphatic carbocycles. The second-order valence-electron chi connectivity index (χ2n) is 9.14. The van der Waals surface area contributed by atoms with Crippen LogP contribution in [-0.2, 0) is 17.6 Å². The maximum atomic E-state index is 13.5. The fraction of sp³-hybridized carbons (Fsp3) is 0.233. The van der Waals surface area contributed by atoms with Crippen molar-refractivity contribution < 1.29 is 4.79 Å². The summed E-state index contributed by atoms with van der Waals surface area (Å²) in [5.74, 6) is 0.369. The summed E-state index contributed by atoms with van der Waals surface area (Å²) in [5, 5.41) is 2.66. The van der Waals surface area contributed by atoms with Crippen LogP contribution in [0.25, 0.3) is 16.8 Å². The summed E-state index contributed by atoms with van der Waals surface area (Å²) in [7, 11) is 0. The van der Waals surface area contributed by atoms with Crippen LogP contribution < -0.4 is 0 Å². The van der Waals surface area contributed by atoms with E-state index in [9.17, 15) is 4.79 Å². The van der Waals surface area contributed by atoms with E-state index in [1.54, 1.807) is 0 Å². The fourth-order valence-electron chi connectivity index (χ4n) is 5.80. The maximum Gasteiger partial charge on any atom is 0.153 e. The van der Waals surface area contributed by atoms with E-state index in [0.29, 0.717) is 5.78 Å². The Bertz CT molecular complexity index is 1270. The third kappa shape index (κ3) is 2.95. The number of benzene rings is 3. The minimum absolute atomic E-state index is 0.0187. The van der Waals surface area contributed by atoms with Crippen molar-refractivity contribution in [3.63, 3.8) is 0 Å². The van der Waals surface area contributed by atoms with Crippen LogP contribution >= 0.6 is 0 Å². The molecule has 0 spiro atoms. The van der Waals surface area contributed by atoms with Crippen molar-refractivity contribution >= 4 is 22.6 Å². The average Bonchev–Trinajstić information content (AvgIpc) is 3.44. The molecule has 2 unspecified atom stereocenters. The summed E-state index contributed by atoms with van der Waals surface area (Å²) in [6.07, 6.45) is 16.1.